The number of aliphatic carboxylic acids is 1. The third kappa shape index (κ3) is 5.76. The van der Waals surface area contributed by atoms with Crippen LogP contribution in [0.2, 0.25) is 0 Å². The molecule has 0 aromatic heterocycles. The van der Waals surface area contributed by atoms with Crippen LogP contribution < -0.4 is 0 Å². The topological polar surface area (TPSA) is 66.8 Å². The van der Waals surface area contributed by atoms with Gasteiger partial charge < -0.3 is 9.84 Å². The summed E-state index contributed by atoms with van der Waals surface area (Å²) in [5.74, 6) is -2.87. The van der Waals surface area contributed by atoms with Crippen molar-refractivity contribution >= 4 is 12.1 Å². The summed E-state index contributed by atoms with van der Waals surface area (Å²) >= 11 is 0. The van der Waals surface area contributed by atoms with Crippen LogP contribution in [0.1, 0.15) is 26.3 Å². The molecule has 0 aliphatic rings. The highest BCUT2D eigenvalue weighted by molar-refractivity contribution is 5.76. The second-order valence-electron chi connectivity index (χ2n) is 5.47. The van der Waals surface area contributed by atoms with E-state index in [2.05, 4.69) is 0 Å². The Bertz CT molecular complexity index is 540. The van der Waals surface area contributed by atoms with Gasteiger partial charge in [0.25, 0.3) is 0 Å². The number of carboxylic acid groups (broad SMARTS) is 1. The van der Waals surface area contributed by atoms with Crippen molar-refractivity contribution in [1.82, 2.24) is 4.90 Å². The van der Waals surface area contributed by atoms with Crippen LogP contribution >= 0.6 is 0 Å². The highest BCUT2D eigenvalue weighted by Crippen LogP contribution is 2.15. The molecule has 1 N–H and O–H groups in total. The van der Waals surface area contributed by atoms with Gasteiger partial charge in [0.1, 0.15) is 23.8 Å². The Labute approximate surface area is 121 Å². The maximum Gasteiger partial charge on any atom is 0.411 e. The van der Waals surface area contributed by atoms with Gasteiger partial charge in [-0.05, 0) is 26.8 Å². The fraction of sp³-hybridized carbons (Fsp3) is 0.429. The monoisotopic (exact) mass is 301 g/mol. The van der Waals surface area contributed by atoms with E-state index in [0.29, 0.717) is 6.07 Å². The van der Waals surface area contributed by atoms with Gasteiger partial charge in [0, 0.05) is 11.6 Å². The van der Waals surface area contributed by atoms with E-state index in [-0.39, 0.29) is 12.1 Å². The number of rotatable bonds is 4. The largest absolute Gasteiger partial charge is 0.480 e. The van der Waals surface area contributed by atoms with Gasteiger partial charge in [-0.2, -0.15) is 0 Å². The lowest BCUT2D eigenvalue weighted by Gasteiger charge is -2.26. The molecule has 0 spiro atoms. The van der Waals surface area contributed by atoms with Crippen LogP contribution in [0, 0.1) is 11.6 Å². The third-order valence-electron chi connectivity index (χ3n) is 2.35. The zero-order chi connectivity index (χ0) is 16.2. The zero-order valence-electron chi connectivity index (χ0n) is 12.0. The summed E-state index contributed by atoms with van der Waals surface area (Å²) in [4.78, 5) is 23.6. The van der Waals surface area contributed by atoms with Crippen LogP contribution in [0.5, 0.6) is 0 Å². The summed E-state index contributed by atoms with van der Waals surface area (Å²) in [5.41, 5.74) is -0.807. The number of nitrogens with zero attached hydrogens (tertiary/aromatic N) is 1. The van der Waals surface area contributed by atoms with E-state index in [9.17, 15) is 18.4 Å². The fourth-order valence-electron chi connectivity index (χ4n) is 1.53. The molecule has 5 nitrogen and oxygen atoms in total. The van der Waals surface area contributed by atoms with E-state index in [1.54, 1.807) is 20.8 Å². The molecule has 0 atom stereocenters. The van der Waals surface area contributed by atoms with Crippen molar-refractivity contribution in [3.05, 3.63) is 35.4 Å². The van der Waals surface area contributed by atoms with E-state index < -0.39 is 35.8 Å². The minimum Gasteiger partial charge on any atom is -0.480 e. The van der Waals surface area contributed by atoms with Gasteiger partial charge in [0.15, 0.2) is 0 Å². The Morgan fingerprint density at radius 1 is 1.29 bits per heavy atom. The van der Waals surface area contributed by atoms with E-state index in [1.165, 1.54) is 0 Å². The number of hydrogen-bond acceptors (Lipinski definition) is 3. The third-order valence-corrected chi connectivity index (χ3v) is 2.35. The van der Waals surface area contributed by atoms with Crippen LogP contribution in [0.15, 0.2) is 18.2 Å². The smallest absolute Gasteiger partial charge is 0.411 e. The van der Waals surface area contributed by atoms with Crippen LogP contribution in [0.4, 0.5) is 13.6 Å². The van der Waals surface area contributed by atoms with Crippen molar-refractivity contribution in [3.63, 3.8) is 0 Å². The average molecular weight is 301 g/mol. The molecule has 0 aliphatic carbocycles. The van der Waals surface area contributed by atoms with Gasteiger partial charge in [-0.1, -0.05) is 6.07 Å². The summed E-state index contributed by atoms with van der Waals surface area (Å²) in [6.07, 6.45) is -0.881. The molecule has 0 bridgehead atoms. The second kappa shape index (κ2) is 6.51. The van der Waals surface area contributed by atoms with Gasteiger partial charge in [-0.15, -0.1) is 0 Å². The standard InChI is InChI=1S/C14H17F2NO4/c1-14(2,3)21-13(20)17(8-12(18)19)7-9-4-5-10(15)6-11(9)16/h4-6H,7-8H2,1-3H3,(H,18,19). The quantitative estimate of drug-likeness (QED) is 0.928. The minimum atomic E-state index is -1.26. The number of benzene rings is 1. The van der Waals surface area contributed by atoms with Crippen molar-refractivity contribution in [2.24, 2.45) is 0 Å². The van der Waals surface area contributed by atoms with Crippen LogP contribution in [-0.2, 0) is 16.1 Å². The molecule has 1 aromatic rings. The molecule has 1 rings (SSSR count). The number of carbonyl (C=O) groups is 2. The van der Waals surface area contributed by atoms with Crippen molar-refractivity contribution in [2.75, 3.05) is 6.54 Å². The van der Waals surface area contributed by atoms with Crippen molar-refractivity contribution in [1.29, 1.82) is 0 Å². The van der Waals surface area contributed by atoms with Crippen LogP contribution in [-0.4, -0.2) is 34.2 Å². The molecule has 0 radical (unpaired) electrons. The Morgan fingerprint density at radius 3 is 2.38 bits per heavy atom. The molecule has 0 saturated carbocycles. The molecule has 0 aliphatic heterocycles. The fourth-order valence-corrected chi connectivity index (χ4v) is 1.53. The van der Waals surface area contributed by atoms with E-state index >= 15 is 0 Å². The number of carbonyl (C=O) groups excluding carboxylic acids is 1. The van der Waals surface area contributed by atoms with Crippen molar-refractivity contribution < 1.29 is 28.2 Å². The lowest BCUT2D eigenvalue weighted by Crippen LogP contribution is -2.39. The molecule has 1 aromatic carbocycles. The minimum absolute atomic E-state index is 0.00325. The number of halogens is 2. The maximum absolute atomic E-state index is 13.6. The molecule has 116 valence electrons. The second-order valence-corrected chi connectivity index (χ2v) is 5.47. The molecule has 0 unspecified atom stereocenters. The van der Waals surface area contributed by atoms with E-state index in [0.717, 1.165) is 17.0 Å². The first-order chi connectivity index (χ1) is 9.58. The Hall–Kier alpha value is -2.18. The number of amides is 1. The summed E-state index contributed by atoms with van der Waals surface area (Å²) in [7, 11) is 0. The first-order valence-electron chi connectivity index (χ1n) is 6.22. The predicted octanol–water partition coefficient (Wildman–Crippen LogP) is 2.79. The van der Waals surface area contributed by atoms with Gasteiger partial charge in [-0.25, -0.2) is 13.6 Å². The summed E-state index contributed by atoms with van der Waals surface area (Å²) in [6, 6.07) is 2.86. The summed E-state index contributed by atoms with van der Waals surface area (Å²) < 4.78 is 31.5. The first kappa shape index (κ1) is 16.9. The molecule has 0 heterocycles. The molecular formula is C14H17F2NO4. The molecular weight excluding hydrogens is 284 g/mol. The molecule has 21 heavy (non-hydrogen) atoms. The lowest BCUT2D eigenvalue weighted by molar-refractivity contribution is -0.138. The molecule has 7 heteroatoms. The molecule has 0 saturated heterocycles. The normalized spacial score (nSPS) is 11.1. The Morgan fingerprint density at radius 2 is 1.90 bits per heavy atom. The summed E-state index contributed by atoms with van der Waals surface area (Å²) in [5, 5.41) is 8.82. The average Bonchev–Trinajstić information content (AvgIpc) is 2.28. The number of hydrogen-bond donors (Lipinski definition) is 1. The SMILES string of the molecule is CC(C)(C)OC(=O)N(CC(=O)O)Cc1ccc(F)cc1F. The maximum atomic E-state index is 13.6. The highest BCUT2D eigenvalue weighted by Gasteiger charge is 2.24. The highest BCUT2D eigenvalue weighted by atomic mass is 19.1. The van der Waals surface area contributed by atoms with Gasteiger partial charge in [0.05, 0.1) is 6.54 Å². The molecule has 1 amide bonds. The van der Waals surface area contributed by atoms with Crippen molar-refractivity contribution in [2.45, 2.75) is 32.9 Å². The zero-order valence-corrected chi connectivity index (χ0v) is 12.0. The summed E-state index contributed by atoms with van der Waals surface area (Å²) in [6.45, 7) is 3.91. The first-order valence-corrected chi connectivity index (χ1v) is 6.22. The van der Waals surface area contributed by atoms with E-state index in [4.69, 9.17) is 9.84 Å². The van der Waals surface area contributed by atoms with Crippen molar-refractivity contribution in [3.8, 4) is 0 Å². The lowest BCUT2D eigenvalue weighted by atomic mass is 10.2. The van der Waals surface area contributed by atoms with Gasteiger partial charge >= 0.3 is 12.1 Å². The molecule has 0 fully saturated rings. The van der Waals surface area contributed by atoms with E-state index in [1.807, 2.05) is 0 Å². The van der Waals surface area contributed by atoms with Gasteiger partial charge in [0.2, 0.25) is 0 Å². The Kier molecular flexibility index (Phi) is 5.23. The predicted molar refractivity (Wildman–Crippen MR) is 70.6 cm³/mol. The van der Waals surface area contributed by atoms with Crippen LogP contribution in [0.3, 0.4) is 0 Å². The number of ether oxygens (including phenoxy) is 1. The Balaban J connectivity index is 2.92. The van der Waals surface area contributed by atoms with Gasteiger partial charge in [-0.3, -0.25) is 9.69 Å². The number of carboxylic acids is 1. The van der Waals surface area contributed by atoms with Crippen LogP contribution in [0.25, 0.3) is 0 Å².